The van der Waals surface area contributed by atoms with E-state index in [1.54, 1.807) is 6.92 Å². The highest BCUT2D eigenvalue weighted by molar-refractivity contribution is 8.01. The topological polar surface area (TPSA) is 98.1 Å². The molecule has 4 N–H and O–H groups in total. The van der Waals surface area contributed by atoms with Crippen LogP contribution in [0.5, 0.6) is 0 Å². The van der Waals surface area contributed by atoms with Gasteiger partial charge in [-0.25, -0.2) is 0 Å². The van der Waals surface area contributed by atoms with Crippen LogP contribution in [0, 0.1) is 0 Å². The second-order valence-electron chi connectivity index (χ2n) is 3.82. The standard InChI is InChI=1S/C8H15N5OS2/c1-8(10,5(9)14)4-15-7-12-11-6(16-7)13(2)3/h4,10H2,1-3H3,(H2,9,14). The van der Waals surface area contributed by atoms with Gasteiger partial charge in [-0.2, -0.15) is 0 Å². The molecule has 0 saturated carbocycles. The number of primary amides is 1. The number of rotatable bonds is 5. The van der Waals surface area contributed by atoms with Crippen molar-refractivity contribution >= 4 is 34.1 Å². The summed E-state index contributed by atoms with van der Waals surface area (Å²) in [6, 6.07) is 0. The molecule has 0 aliphatic rings. The molecule has 1 aromatic rings. The summed E-state index contributed by atoms with van der Waals surface area (Å²) in [5.41, 5.74) is 9.88. The average Bonchev–Trinajstić information content (AvgIpc) is 2.63. The van der Waals surface area contributed by atoms with Crippen LogP contribution in [0.4, 0.5) is 5.13 Å². The fourth-order valence-corrected chi connectivity index (χ4v) is 2.53. The molecular weight excluding hydrogens is 246 g/mol. The Morgan fingerprint density at radius 1 is 1.56 bits per heavy atom. The van der Waals surface area contributed by atoms with Crippen molar-refractivity contribution in [2.24, 2.45) is 11.5 Å². The van der Waals surface area contributed by atoms with E-state index >= 15 is 0 Å². The fourth-order valence-electron chi connectivity index (χ4n) is 0.724. The first-order valence-corrected chi connectivity index (χ1v) is 6.35. The molecular formula is C8H15N5OS2. The van der Waals surface area contributed by atoms with Gasteiger partial charge in [0.15, 0.2) is 4.34 Å². The molecule has 0 bridgehead atoms. The Morgan fingerprint density at radius 3 is 2.62 bits per heavy atom. The highest BCUT2D eigenvalue weighted by Crippen LogP contribution is 2.28. The van der Waals surface area contributed by atoms with Gasteiger partial charge >= 0.3 is 0 Å². The van der Waals surface area contributed by atoms with Crippen molar-refractivity contribution in [2.45, 2.75) is 16.8 Å². The number of thioether (sulfide) groups is 1. The largest absolute Gasteiger partial charge is 0.368 e. The molecule has 1 heterocycles. The zero-order chi connectivity index (χ0) is 12.3. The van der Waals surface area contributed by atoms with E-state index in [0.29, 0.717) is 5.75 Å². The molecule has 16 heavy (non-hydrogen) atoms. The minimum absolute atomic E-state index is 0.393. The summed E-state index contributed by atoms with van der Waals surface area (Å²) in [7, 11) is 3.79. The van der Waals surface area contributed by atoms with Crippen LogP contribution in [0.3, 0.4) is 0 Å². The van der Waals surface area contributed by atoms with Crippen LogP contribution in [0.2, 0.25) is 0 Å². The van der Waals surface area contributed by atoms with E-state index in [4.69, 9.17) is 11.5 Å². The van der Waals surface area contributed by atoms with Gasteiger partial charge in [0.2, 0.25) is 11.0 Å². The molecule has 1 rings (SSSR count). The number of amides is 1. The number of hydrogen-bond donors (Lipinski definition) is 2. The molecule has 1 unspecified atom stereocenters. The Balaban J connectivity index is 2.58. The normalized spacial score (nSPS) is 14.5. The van der Waals surface area contributed by atoms with E-state index in [9.17, 15) is 4.79 Å². The van der Waals surface area contributed by atoms with Crippen LogP contribution in [-0.4, -0.2) is 41.5 Å². The summed E-state index contributed by atoms with van der Waals surface area (Å²) in [6.45, 7) is 1.61. The van der Waals surface area contributed by atoms with E-state index in [-0.39, 0.29) is 0 Å². The first-order chi connectivity index (χ1) is 7.33. The summed E-state index contributed by atoms with van der Waals surface area (Å²) in [4.78, 5) is 12.9. The van der Waals surface area contributed by atoms with Gasteiger partial charge in [-0.1, -0.05) is 23.1 Å². The molecule has 0 aliphatic heterocycles. The second-order valence-corrected chi connectivity index (χ2v) is 5.99. The molecule has 6 nitrogen and oxygen atoms in total. The molecule has 0 aliphatic carbocycles. The van der Waals surface area contributed by atoms with Gasteiger partial charge in [0, 0.05) is 19.8 Å². The molecule has 0 aromatic carbocycles. The number of carbonyl (C=O) groups is 1. The van der Waals surface area contributed by atoms with Crippen molar-refractivity contribution in [1.82, 2.24) is 10.2 Å². The number of carbonyl (C=O) groups excluding carboxylic acids is 1. The van der Waals surface area contributed by atoms with Crippen molar-refractivity contribution in [3.05, 3.63) is 0 Å². The van der Waals surface area contributed by atoms with Gasteiger partial charge < -0.3 is 16.4 Å². The lowest BCUT2D eigenvalue weighted by Gasteiger charge is -2.18. The lowest BCUT2D eigenvalue weighted by Crippen LogP contribution is -2.51. The predicted octanol–water partition coefficient (Wildman–Crippen LogP) is -0.101. The van der Waals surface area contributed by atoms with E-state index in [2.05, 4.69) is 10.2 Å². The van der Waals surface area contributed by atoms with Crippen molar-refractivity contribution in [3.8, 4) is 0 Å². The van der Waals surface area contributed by atoms with Gasteiger partial charge in [0.05, 0.1) is 0 Å². The Hall–Kier alpha value is -0.860. The molecule has 0 fully saturated rings. The first kappa shape index (κ1) is 13.2. The van der Waals surface area contributed by atoms with E-state index < -0.39 is 11.4 Å². The van der Waals surface area contributed by atoms with E-state index in [0.717, 1.165) is 9.47 Å². The highest BCUT2D eigenvalue weighted by Gasteiger charge is 2.26. The van der Waals surface area contributed by atoms with Crippen LogP contribution in [0.1, 0.15) is 6.92 Å². The van der Waals surface area contributed by atoms with Crippen LogP contribution in [-0.2, 0) is 4.79 Å². The maximum absolute atomic E-state index is 11.0. The predicted molar refractivity (Wildman–Crippen MR) is 66.7 cm³/mol. The molecule has 1 aromatic heterocycles. The number of nitrogens with zero attached hydrogens (tertiary/aromatic N) is 3. The van der Waals surface area contributed by atoms with Crippen LogP contribution in [0.15, 0.2) is 4.34 Å². The van der Waals surface area contributed by atoms with Gasteiger partial charge in [-0.3, -0.25) is 4.79 Å². The van der Waals surface area contributed by atoms with E-state index in [1.165, 1.54) is 23.1 Å². The SMILES string of the molecule is CN(C)c1nnc(SCC(C)(N)C(N)=O)s1. The molecule has 1 amide bonds. The molecule has 8 heteroatoms. The zero-order valence-corrected chi connectivity index (χ0v) is 11.1. The van der Waals surface area contributed by atoms with Gasteiger partial charge in [0.25, 0.3) is 0 Å². The lowest BCUT2D eigenvalue weighted by molar-refractivity contribution is -0.121. The monoisotopic (exact) mass is 261 g/mol. The first-order valence-electron chi connectivity index (χ1n) is 4.55. The Labute approximate surface area is 102 Å². The van der Waals surface area contributed by atoms with Crippen molar-refractivity contribution in [3.63, 3.8) is 0 Å². The Morgan fingerprint density at radius 2 is 2.19 bits per heavy atom. The fraction of sp³-hybridized carbons (Fsp3) is 0.625. The summed E-state index contributed by atoms with van der Waals surface area (Å²) in [5, 5.41) is 8.78. The molecule has 90 valence electrons. The van der Waals surface area contributed by atoms with Gasteiger partial charge in [-0.15, -0.1) is 10.2 Å². The molecule has 0 saturated heterocycles. The quantitative estimate of drug-likeness (QED) is 0.718. The third-order valence-electron chi connectivity index (χ3n) is 1.84. The highest BCUT2D eigenvalue weighted by atomic mass is 32.2. The zero-order valence-electron chi connectivity index (χ0n) is 9.43. The Bertz CT molecular complexity index is 376. The van der Waals surface area contributed by atoms with E-state index in [1.807, 2.05) is 19.0 Å². The molecule has 0 spiro atoms. The lowest BCUT2D eigenvalue weighted by atomic mass is 10.1. The average molecular weight is 261 g/mol. The maximum atomic E-state index is 11.0. The third-order valence-corrected chi connectivity index (χ3v) is 4.40. The van der Waals surface area contributed by atoms with Crippen molar-refractivity contribution in [2.75, 3.05) is 24.7 Å². The third kappa shape index (κ3) is 3.32. The second kappa shape index (κ2) is 4.98. The van der Waals surface area contributed by atoms with Gasteiger partial charge in [-0.05, 0) is 6.92 Å². The summed E-state index contributed by atoms with van der Waals surface area (Å²) in [5.74, 6) is -0.123. The molecule has 0 radical (unpaired) electrons. The maximum Gasteiger partial charge on any atom is 0.238 e. The summed E-state index contributed by atoms with van der Waals surface area (Å²) in [6.07, 6.45) is 0. The smallest absolute Gasteiger partial charge is 0.238 e. The van der Waals surface area contributed by atoms with Crippen LogP contribution in [0.25, 0.3) is 0 Å². The number of nitrogens with two attached hydrogens (primary N) is 2. The Kier molecular flexibility index (Phi) is 4.11. The minimum atomic E-state index is -1.02. The van der Waals surface area contributed by atoms with Crippen LogP contribution < -0.4 is 16.4 Å². The van der Waals surface area contributed by atoms with Gasteiger partial charge in [0.1, 0.15) is 5.54 Å². The van der Waals surface area contributed by atoms with Crippen LogP contribution >= 0.6 is 23.1 Å². The number of aromatic nitrogens is 2. The number of hydrogen-bond acceptors (Lipinski definition) is 7. The van der Waals surface area contributed by atoms with Crippen molar-refractivity contribution < 1.29 is 4.79 Å². The summed E-state index contributed by atoms with van der Waals surface area (Å²) >= 11 is 2.84. The van der Waals surface area contributed by atoms with Crippen molar-refractivity contribution in [1.29, 1.82) is 0 Å². The molecule has 1 atom stereocenters. The number of anilines is 1. The summed E-state index contributed by atoms with van der Waals surface area (Å²) < 4.78 is 0.779. The minimum Gasteiger partial charge on any atom is -0.368 e.